The highest BCUT2D eigenvalue weighted by molar-refractivity contribution is 6.05. The van der Waals surface area contributed by atoms with Gasteiger partial charge in [-0.3, -0.25) is 0 Å². The summed E-state index contributed by atoms with van der Waals surface area (Å²) in [5.74, 6) is 0.299. The van der Waals surface area contributed by atoms with Crippen LogP contribution in [0.25, 0.3) is 28.0 Å². The Bertz CT molecular complexity index is 1410. The summed E-state index contributed by atoms with van der Waals surface area (Å²) < 4.78 is 58.5. The van der Waals surface area contributed by atoms with E-state index in [4.69, 9.17) is 14.2 Å². The van der Waals surface area contributed by atoms with Gasteiger partial charge in [-0.15, -0.1) is 0 Å². The van der Waals surface area contributed by atoms with Crippen molar-refractivity contribution in [3.63, 3.8) is 0 Å². The molecule has 0 saturated heterocycles. The molecule has 0 saturated carbocycles. The lowest BCUT2D eigenvalue weighted by atomic mass is 10.0. The van der Waals surface area contributed by atoms with Crippen LogP contribution in [0.3, 0.4) is 0 Å². The Morgan fingerprint density at radius 1 is 1.06 bits per heavy atom. The Kier molecular flexibility index (Phi) is 6.38. The van der Waals surface area contributed by atoms with Gasteiger partial charge in [0.05, 0.1) is 54.4 Å². The molecule has 0 bridgehead atoms. The van der Waals surface area contributed by atoms with E-state index in [1.807, 2.05) is 0 Å². The number of methoxy groups -OCH3 is 2. The summed E-state index contributed by atoms with van der Waals surface area (Å²) in [6, 6.07) is 11.6. The molecule has 0 fully saturated rings. The number of aromatic nitrogens is 3. The number of rotatable bonds is 6. The molecule has 182 valence electrons. The van der Waals surface area contributed by atoms with Crippen molar-refractivity contribution in [1.82, 2.24) is 14.8 Å². The maximum Gasteiger partial charge on any atom is 0.418 e. The van der Waals surface area contributed by atoms with Gasteiger partial charge in [0.25, 0.3) is 0 Å². The van der Waals surface area contributed by atoms with Gasteiger partial charge >= 0.3 is 12.1 Å². The molecule has 2 aromatic carbocycles. The summed E-state index contributed by atoms with van der Waals surface area (Å²) in [5, 5.41) is 4.64. The molecule has 0 N–H and O–H groups in total. The van der Waals surface area contributed by atoms with Crippen molar-refractivity contribution in [2.75, 3.05) is 20.8 Å². The van der Waals surface area contributed by atoms with Crippen LogP contribution in [0.15, 0.2) is 48.5 Å². The van der Waals surface area contributed by atoms with Crippen molar-refractivity contribution in [2.45, 2.75) is 20.0 Å². The Morgan fingerprint density at radius 2 is 1.80 bits per heavy atom. The smallest absolute Gasteiger partial charge is 0.418 e. The number of benzene rings is 2. The lowest BCUT2D eigenvalue weighted by Gasteiger charge is -2.14. The van der Waals surface area contributed by atoms with Crippen LogP contribution in [-0.2, 0) is 10.9 Å². The third kappa shape index (κ3) is 4.39. The second-order valence-electron chi connectivity index (χ2n) is 7.55. The predicted octanol–water partition coefficient (Wildman–Crippen LogP) is 5.61. The van der Waals surface area contributed by atoms with Crippen LogP contribution >= 0.6 is 0 Å². The Labute approximate surface area is 199 Å². The van der Waals surface area contributed by atoms with Crippen LogP contribution < -0.4 is 9.47 Å². The molecule has 7 nitrogen and oxygen atoms in total. The molecule has 0 unspecified atom stereocenters. The normalized spacial score (nSPS) is 11.5. The second kappa shape index (κ2) is 9.28. The number of halogens is 3. The number of ether oxygens (including phenoxy) is 3. The van der Waals surface area contributed by atoms with Crippen LogP contribution in [0.4, 0.5) is 13.2 Å². The van der Waals surface area contributed by atoms with Crippen molar-refractivity contribution in [2.24, 2.45) is 0 Å². The topological polar surface area (TPSA) is 75.5 Å². The van der Waals surface area contributed by atoms with E-state index in [2.05, 4.69) is 10.1 Å². The first-order valence-corrected chi connectivity index (χ1v) is 10.7. The van der Waals surface area contributed by atoms with Gasteiger partial charge in [-0.25, -0.2) is 14.5 Å². The van der Waals surface area contributed by atoms with E-state index in [0.29, 0.717) is 28.1 Å². The Hall–Kier alpha value is -4.08. The van der Waals surface area contributed by atoms with Crippen LogP contribution in [-0.4, -0.2) is 41.6 Å². The molecule has 10 heteroatoms. The molecule has 0 atom stereocenters. The molecule has 0 aliphatic carbocycles. The number of nitrogens with zero attached hydrogens (tertiary/aromatic N) is 3. The van der Waals surface area contributed by atoms with Crippen LogP contribution in [0.2, 0.25) is 0 Å². The first-order chi connectivity index (χ1) is 16.7. The van der Waals surface area contributed by atoms with E-state index >= 15 is 0 Å². The third-order valence-electron chi connectivity index (χ3n) is 5.43. The minimum Gasteiger partial charge on any atom is -0.497 e. The fraction of sp³-hybridized carbons (Fsp3) is 0.240. The summed E-state index contributed by atoms with van der Waals surface area (Å²) in [7, 11) is 2.98. The quantitative estimate of drug-likeness (QED) is 0.331. The van der Waals surface area contributed by atoms with Gasteiger partial charge in [0.2, 0.25) is 0 Å². The maximum absolute atomic E-state index is 13.8. The molecule has 0 aliphatic heterocycles. The van der Waals surface area contributed by atoms with E-state index in [0.717, 1.165) is 10.7 Å². The lowest BCUT2D eigenvalue weighted by molar-refractivity contribution is -0.137. The molecule has 4 aromatic rings. The Balaban J connectivity index is 2.09. The fourth-order valence-electron chi connectivity index (χ4n) is 3.88. The molecule has 4 rings (SSSR count). The number of hydrogen-bond donors (Lipinski definition) is 0. The van der Waals surface area contributed by atoms with Gasteiger partial charge in [-0.2, -0.15) is 18.3 Å². The van der Waals surface area contributed by atoms with E-state index < -0.39 is 17.7 Å². The summed E-state index contributed by atoms with van der Waals surface area (Å²) in [6.45, 7) is 3.38. The standard InChI is InChI=1S/C25H22F3N3O4/c1-5-35-24(32)17-13-19(16-12-15(33-3)10-11-21(16)34-4)29-23-22(17)14(2)30-31(23)20-9-7-6-8-18(20)25(26,27)28/h6-13H,5H2,1-4H3. The zero-order valence-electron chi connectivity index (χ0n) is 19.4. The van der Waals surface area contributed by atoms with Gasteiger partial charge in [0.15, 0.2) is 5.65 Å². The number of esters is 1. The lowest BCUT2D eigenvalue weighted by Crippen LogP contribution is -2.12. The zero-order chi connectivity index (χ0) is 25.3. The molecule has 35 heavy (non-hydrogen) atoms. The minimum absolute atomic E-state index is 0.0737. The third-order valence-corrected chi connectivity index (χ3v) is 5.43. The molecule has 0 spiro atoms. The first-order valence-electron chi connectivity index (χ1n) is 10.7. The predicted molar refractivity (Wildman–Crippen MR) is 123 cm³/mol. The van der Waals surface area contributed by atoms with Crippen molar-refractivity contribution in [3.05, 3.63) is 65.4 Å². The summed E-state index contributed by atoms with van der Waals surface area (Å²) >= 11 is 0. The summed E-state index contributed by atoms with van der Waals surface area (Å²) in [5.41, 5.74) is 0.199. The summed E-state index contributed by atoms with van der Waals surface area (Å²) in [6.07, 6.45) is -4.62. The van der Waals surface area contributed by atoms with E-state index in [1.165, 1.54) is 38.5 Å². The van der Waals surface area contributed by atoms with Gasteiger partial charge in [-0.05, 0) is 50.2 Å². The molecule has 2 heterocycles. The van der Waals surface area contributed by atoms with Crippen LogP contribution in [0, 0.1) is 6.92 Å². The average molecular weight is 485 g/mol. The number of alkyl halides is 3. The molecule has 0 radical (unpaired) electrons. The first kappa shape index (κ1) is 24.1. The highest BCUT2D eigenvalue weighted by Crippen LogP contribution is 2.38. The number of hydrogen-bond acceptors (Lipinski definition) is 6. The largest absolute Gasteiger partial charge is 0.497 e. The number of fused-ring (bicyclic) bond motifs is 1. The monoisotopic (exact) mass is 485 g/mol. The number of carbonyl (C=O) groups is 1. The van der Waals surface area contributed by atoms with Crippen molar-refractivity contribution >= 4 is 17.0 Å². The minimum atomic E-state index is -4.62. The van der Waals surface area contributed by atoms with E-state index in [1.54, 1.807) is 32.0 Å². The van der Waals surface area contributed by atoms with Crippen molar-refractivity contribution in [1.29, 1.82) is 0 Å². The average Bonchev–Trinajstić information content (AvgIpc) is 3.18. The number of pyridine rings is 1. The maximum atomic E-state index is 13.8. The SMILES string of the molecule is CCOC(=O)c1cc(-c2cc(OC)ccc2OC)nc2c1c(C)nn2-c1ccccc1C(F)(F)F. The molecule has 0 amide bonds. The second-order valence-corrected chi connectivity index (χ2v) is 7.55. The van der Waals surface area contributed by atoms with Crippen molar-refractivity contribution < 1.29 is 32.2 Å². The molecular weight excluding hydrogens is 463 g/mol. The number of aryl methyl sites for hydroxylation is 1. The Morgan fingerprint density at radius 3 is 2.46 bits per heavy atom. The van der Waals surface area contributed by atoms with E-state index in [-0.39, 0.29) is 29.2 Å². The molecule has 2 aromatic heterocycles. The van der Waals surface area contributed by atoms with E-state index in [9.17, 15) is 18.0 Å². The molecular formula is C25H22F3N3O4. The van der Waals surface area contributed by atoms with Gasteiger partial charge in [-0.1, -0.05) is 12.1 Å². The zero-order valence-corrected chi connectivity index (χ0v) is 19.4. The van der Waals surface area contributed by atoms with Crippen molar-refractivity contribution in [3.8, 4) is 28.4 Å². The fourth-order valence-corrected chi connectivity index (χ4v) is 3.88. The molecule has 0 aliphatic rings. The highest BCUT2D eigenvalue weighted by atomic mass is 19.4. The summed E-state index contributed by atoms with van der Waals surface area (Å²) in [4.78, 5) is 17.6. The van der Waals surface area contributed by atoms with Gasteiger partial charge in [0, 0.05) is 5.56 Å². The number of para-hydroxylation sites is 1. The number of carbonyl (C=O) groups excluding carboxylic acids is 1. The van der Waals surface area contributed by atoms with Gasteiger partial charge < -0.3 is 14.2 Å². The van der Waals surface area contributed by atoms with Crippen LogP contribution in [0.5, 0.6) is 11.5 Å². The van der Waals surface area contributed by atoms with Crippen LogP contribution in [0.1, 0.15) is 28.5 Å². The van der Waals surface area contributed by atoms with Gasteiger partial charge in [0.1, 0.15) is 11.5 Å². The highest BCUT2D eigenvalue weighted by Gasteiger charge is 2.35.